The molecule has 0 saturated heterocycles. The molecule has 1 aromatic heterocycles. The van der Waals surface area contributed by atoms with E-state index in [1.165, 1.54) is 0 Å². The van der Waals surface area contributed by atoms with Crippen LogP contribution in [0.15, 0.2) is 46.9 Å². The van der Waals surface area contributed by atoms with Crippen molar-refractivity contribution in [2.45, 2.75) is 19.3 Å². The van der Waals surface area contributed by atoms with E-state index in [4.69, 9.17) is 9.52 Å². The van der Waals surface area contributed by atoms with Gasteiger partial charge in [-0.1, -0.05) is 18.2 Å². The Labute approximate surface area is 121 Å². The second kappa shape index (κ2) is 5.40. The summed E-state index contributed by atoms with van der Waals surface area (Å²) in [6.45, 7) is 0. The van der Waals surface area contributed by atoms with E-state index in [0.717, 1.165) is 21.9 Å². The van der Waals surface area contributed by atoms with Crippen LogP contribution < -0.4 is 0 Å². The molecule has 0 atom stereocenters. The monoisotopic (exact) mass is 282 g/mol. The molecule has 4 nitrogen and oxygen atoms in total. The van der Waals surface area contributed by atoms with E-state index < -0.39 is 5.97 Å². The van der Waals surface area contributed by atoms with Crippen LogP contribution in [-0.2, 0) is 4.79 Å². The first kappa shape index (κ1) is 13.4. The van der Waals surface area contributed by atoms with Crippen LogP contribution in [0, 0.1) is 0 Å². The lowest BCUT2D eigenvalue weighted by atomic mass is 10.0. The summed E-state index contributed by atoms with van der Waals surface area (Å²) in [6.07, 6.45) is 0.620. The van der Waals surface area contributed by atoms with Gasteiger partial charge in [0.15, 0.2) is 5.78 Å². The summed E-state index contributed by atoms with van der Waals surface area (Å²) >= 11 is 0. The Balaban J connectivity index is 1.91. The first-order valence-corrected chi connectivity index (χ1v) is 6.81. The molecule has 0 amide bonds. The van der Waals surface area contributed by atoms with E-state index in [0.29, 0.717) is 12.0 Å². The highest BCUT2D eigenvalue weighted by Gasteiger charge is 2.11. The first-order valence-electron chi connectivity index (χ1n) is 6.81. The summed E-state index contributed by atoms with van der Waals surface area (Å²) in [5.41, 5.74) is 2.14. The van der Waals surface area contributed by atoms with Gasteiger partial charge in [-0.3, -0.25) is 9.59 Å². The number of ketones is 1. The lowest BCUT2D eigenvalue weighted by Gasteiger charge is -2.00. The lowest BCUT2D eigenvalue weighted by molar-refractivity contribution is -0.137. The molecule has 3 aromatic rings. The van der Waals surface area contributed by atoms with Crippen LogP contribution in [0.1, 0.15) is 29.6 Å². The Hall–Kier alpha value is -2.62. The lowest BCUT2D eigenvalue weighted by Crippen LogP contribution is -2.01. The van der Waals surface area contributed by atoms with Crippen molar-refractivity contribution in [2.75, 3.05) is 0 Å². The van der Waals surface area contributed by atoms with Crippen molar-refractivity contribution in [3.05, 3.63) is 48.0 Å². The third-order valence-electron chi connectivity index (χ3n) is 3.49. The second-order valence-corrected chi connectivity index (χ2v) is 4.98. The summed E-state index contributed by atoms with van der Waals surface area (Å²) in [6, 6.07) is 13.0. The maximum absolute atomic E-state index is 12.1. The molecule has 3 rings (SSSR count). The SMILES string of the molecule is O=C(O)CCCC(=O)c1ccc2oc3ccccc3c2c1. The molecule has 0 aliphatic heterocycles. The average molecular weight is 282 g/mol. The zero-order valence-electron chi connectivity index (χ0n) is 11.3. The predicted octanol–water partition coefficient (Wildman–Crippen LogP) is 4.02. The molecule has 4 heteroatoms. The van der Waals surface area contributed by atoms with Crippen LogP contribution in [0.4, 0.5) is 0 Å². The fraction of sp³-hybridized carbons (Fsp3) is 0.176. The Morgan fingerprint density at radius 2 is 1.71 bits per heavy atom. The molecule has 0 saturated carbocycles. The van der Waals surface area contributed by atoms with Gasteiger partial charge in [0.1, 0.15) is 11.2 Å². The minimum atomic E-state index is -0.876. The molecule has 0 spiro atoms. The van der Waals surface area contributed by atoms with E-state index in [-0.39, 0.29) is 18.6 Å². The third kappa shape index (κ3) is 2.65. The van der Waals surface area contributed by atoms with Crippen molar-refractivity contribution in [1.82, 2.24) is 0 Å². The first-order chi connectivity index (χ1) is 10.1. The molecule has 106 valence electrons. The van der Waals surface area contributed by atoms with Gasteiger partial charge in [-0.05, 0) is 30.7 Å². The number of furan rings is 1. The van der Waals surface area contributed by atoms with Gasteiger partial charge in [0.05, 0.1) is 0 Å². The minimum absolute atomic E-state index is 0.0165. The maximum Gasteiger partial charge on any atom is 0.303 e. The van der Waals surface area contributed by atoms with E-state index >= 15 is 0 Å². The summed E-state index contributed by atoms with van der Waals surface area (Å²) < 4.78 is 5.71. The van der Waals surface area contributed by atoms with Gasteiger partial charge in [-0.2, -0.15) is 0 Å². The van der Waals surface area contributed by atoms with Crippen LogP contribution in [-0.4, -0.2) is 16.9 Å². The van der Waals surface area contributed by atoms with Gasteiger partial charge in [0, 0.05) is 29.2 Å². The van der Waals surface area contributed by atoms with Crippen LogP contribution >= 0.6 is 0 Å². The number of carboxylic acids is 1. The van der Waals surface area contributed by atoms with E-state index in [1.54, 1.807) is 12.1 Å². The average Bonchev–Trinajstić information content (AvgIpc) is 2.84. The third-order valence-corrected chi connectivity index (χ3v) is 3.49. The normalized spacial score (nSPS) is 11.0. The Bertz CT molecular complexity index is 829. The highest BCUT2D eigenvalue weighted by atomic mass is 16.4. The highest BCUT2D eigenvalue weighted by Crippen LogP contribution is 2.29. The maximum atomic E-state index is 12.1. The van der Waals surface area contributed by atoms with Crippen LogP contribution in [0.25, 0.3) is 21.9 Å². The summed E-state index contributed by atoms with van der Waals surface area (Å²) in [4.78, 5) is 22.6. The number of para-hydroxylation sites is 1. The second-order valence-electron chi connectivity index (χ2n) is 4.98. The fourth-order valence-corrected chi connectivity index (χ4v) is 2.44. The van der Waals surface area contributed by atoms with Crippen LogP contribution in [0.5, 0.6) is 0 Å². The molecule has 0 radical (unpaired) electrons. The minimum Gasteiger partial charge on any atom is -0.481 e. The fourth-order valence-electron chi connectivity index (χ4n) is 2.44. The molecule has 1 N–H and O–H groups in total. The van der Waals surface area contributed by atoms with Gasteiger partial charge >= 0.3 is 5.97 Å². The van der Waals surface area contributed by atoms with Crippen LogP contribution in [0.3, 0.4) is 0 Å². The van der Waals surface area contributed by atoms with Crippen molar-refractivity contribution < 1.29 is 19.1 Å². The number of carbonyl (C=O) groups is 2. The molecule has 21 heavy (non-hydrogen) atoms. The summed E-state index contributed by atoms with van der Waals surface area (Å²) in [5, 5.41) is 10.5. The molecule has 0 aliphatic rings. The Morgan fingerprint density at radius 3 is 2.52 bits per heavy atom. The number of rotatable bonds is 5. The quantitative estimate of drug-likeness (QED) is 0.717. The Morgan fingerprint density at radius 1 is 0.952 bits per heavy atom. The molecule has 2 aromatic carbocycles. The van der Waals surface area contributed by atoms with Gasteiger partial charge in [-0.25, -0.2) is 0 Å². The van der Waals surface area contributed by atoms with Gasteiger partial charge in [0.2, 0.25) is 0 Å². The van der Waals surface area contributed by atoms with E-state index in [2.05, 4.69) is 0 Å². The molecular formula is C17H14O4. The van der Waals surface area contributed by atoms with Crippen molar-refractivity contribution in [3.63, 3.8) is 0 Å². The van der Waals surface area contributed by atoms with E-state index in [9.17, 15) is 9.59 Å². The molecule has 0 fully saturated rings. The van der Waals surface area contributed by atoms with Crippen LogP contribution in [0.2, 0.25) is 0 Å². The molecule has 0 bridgehead atoms. The van der Waals surface area contributed by atoms with Gasteiger partial charge in [0.25, 0.3) is 0 Å². The Kier molecular flexibility index (Phi) is 3.44. The molecular weight excluding hydrogens is 268 g/mol. The summed E-state index contributed by atoms with van der Waals surface area (Å²) in [7, 11) is 0. The molecule has 0 unspecified atom stereocenters. The van der Waals surface area contributed by atoms with Gasteiger partial charge in [-0.15, -0.1) is 0 Å². The summed E-state index contributed by atoms with van der Waals surface area (Å²) in [5.74, 6) is -0.914. The largest absolute Gasteiger partial charge is 0.481 e. The van der Waals surface area contributed by atoms with Gasteiger partial charge < -0.3 is 9.52 Å². The molecule has 0 aliphatic carbocycles. The smallest absolute Gasteiger partial charge is 0.303 e. The zero-order chi connectivity index (χ0) is 14.8. The van der Waals surface area contributed by atoms with Crippen molar-refractivity contribution >= 4 is 33.7 Å². The number of hydrogen-bond acceptors (Lipinski definition) is 3. The number of fused-ring (bicyclic) bond motifs is 3. The number of hydrogen-bond donors (Lipinski definition) is 1. The van der Waals surface area contributed by atoms with E-state index in [1.807, 2.05) is 30.3 Å². The van der Waals surface area contributed by atoms with Crippen molar-refractivity contribution in [1.29, 1.82) is 0 Å². The predicted molar refractivity (Wildman–Crippen MR) is 79.5 cm³/mol. The van der Waals surface area contributed by atoms with Crippen molar-refractivity contribution in [3.8, 4) is 0 Å². The number of carbonyl (C=O) groups excluding carboxylic acids is 1. The molecule has 1 heterocycles. The number of benzene rings is 2. The number of aliphatic carboxylic acids is 1. The highest BCUT2D eigenvalue weighted by molar-refractivity contribution is 6.08. The standard InChI is InChI=1S/C17H14O4/c18-14(5-3-7-17(19)20)11-8-9-16-13(10-11)12-4-1-2-6-15(12)21-16/h1-2,4,6,8-10H,3,5,7H2,(H,19,20). The number of carboxylic acid groups (broad SMARTS) is 1. The zero-order valence-corrected chi connectivity index (χ0v) is 11.3. The topological polar surface area (TPSA) is 67.5 Å². The number of Topliss-reactive ketones (excluding diaryl/α,β-unsaturated/α-hetero) is 1. The van der Waals surface area contributed by atoms with Crippen molar-refractivity contribution in [2.24, 2.45) is 0 Å².